The van der Waals surface area contributed by atoms with Crippen LogP contribution < -0.4 is 19.5 Å². The minimum atomic E-state index is -1.01. The van der Waals surface area contributed by atoms with Crippen LogP contribution in [0.25, 0.3) is 0 Å². The molecule has 1 N–H and O–H groups in total. The zero-order chi connectivity index (χ0) is 18.7. The molecule has 1 aliphatic heterocycles. The van der Waals surface area contributed by atoms with Crippen LogP contribution in [-0.2, 0) is 4.79 Å². The quantitative estimate of drug-likeness (QED) is 0.479. The van der Waals surface area contributed by atoms with Gasteiger partial charge in [0.25, 0.3) is 5.91 Å². The van der Waals surface area contributed by atoms with Crippen molar-refractivity contribution >= 4 is 23.6 Å². The zero-order valence-electron chi connectivity index (χ0n) is 13.6. The lowest BCUT2D eigenvalue weighted by atomic mass is 10.2. The first-order chi connectivity index (χ1) is 12.5. The van der Waals surface area contributed by atoms with Crippen molar-refractivity contribution in [3.05, 3.63) is 52.1 Å². The van der Waals surface area contributed by atoms with Gasteiger partial charge < -0.3 is 19.5 Å². The van der Waals surface area contributed by atoms with Crippen LogP contribution >= 0.6 is 0 Å². The Morgan fingerprint density at radius 3 is 2.77 bits per heavy atom. The van der Waals surface area contributed by atoms with Gasteiger partial charge in [-0.3, -0.25) is 19.7 Å². The van der Waals surface area contributed by atoms with Crippen molar-refractivity contribution in [3.8, 4) is 17.2 Å². The summed E-state index contributed by atoms with van der Waals surface area (Å²) < 4.78 is 15.8. The molecular weight excluding hydrogens is 344 g/mol. The summed E-state index contributed by atoms with van der Waals surface area (Å²) in [4.78, 5) is 33.5. The molecule has 2 aromatic carbocycles. The van der Waals surface area contributed by atoms with Crippen LogP contribution in [0.5, 0.6) is 17.2 Å². The van der Waals surface area contributed by atoms with Crippen molar-refractivity contribution in [2.75, 3.05) is 12.1 Å². The molecule has 3 rings (SSSR count). The summed E-state index contributed by atoms with van der Waals surface area (Å²) in [7, 11) is 0. The predicted octanol–water partition coefficient (Wildman–Crippen LogP) is 2.54. The van der Waals surface area contributed by atoms with E-state index in [0.29, 0.717) is 23.5 Å². The van der Waals surface area contributed by atoms with Gasteiger partial charge in [-0.2, -0.15) is 0 Å². The number of carbonyl (C=O) groups is 2. The average Bonchev–Trinajstić information content (AvgIpc) is 3.09. The van der Waals surface area contributed by atoms with E-state index in [0.717, 1.165) is 6.07 Å². The van der Waals surface area contributed by atoms with Crippen LogP contribution in [0.15, 0.2) is 36.4 Å². The number of nitrogens with one attached hydrogen (secondary N) is 1. The van der Waals surface area contributed by atoms with Gasteiger partial charge in [-0.05, 0) is 31.2 Å². The number of ether oxygens (including phenoxy) is 3. The van der Waals surface area contributed by atoms with Crippen LogP contribution in [0.2, 0.25) is 0 Å². The van der Waals surface area contributed by atoms with E-state index in [1.165, 1.54) is 19.1 Å². The molecule has 134 valence electrons. The summed E-state index contributed by atoms with van der Waals surface area (Å²) in [5.41, 5.74) is 0.222. The highest BCUT2D eigenvalue weighted by Gasteiger charge is 2.22. The molecule has 1 atom stereocenters. The largest absolute Gasteiger partial charge is 0.474 e. The summed E-state index contributed by atoms with van der Waals surface area (Å²) in [5.74, 6) is 0.487. The van der Waals surface area contributed by atoms with Crippen molar-refractivity contribution in [1.29, 1.82) is 0 Å². The molecule has 2 aromatic rings. The SMILES string of the molecule is C[C@H](Oc1ccc(C=O)cc1[N+](=O)[O-])C(=O)Nc1ccc2c(c1)OCO2. The number of nitro benzene ring substituents is 1. The number of nitro groups is 1. The van der Waals surface area contributed by atoms with E-state index >= 15 is 0 Å². The zero-order valence-corrected chi connectivity index (χ0v) is 13.6. The second kappa shape index (κ2) is 7.09. The minimum Gasteiger partial charge on any atom is -0.474 e. The highest BCUT2D eigenvalue weighted by atomic mass is 16.7. The standard InChI is InChI=1S/C17H14N2O7/c1-10(26-14-4-2-11(8-20)6-13(14)19(22)23)17(21)18-12-3-5-15-16(7-12)25-9-24-15/h2-8,10H,9H2,1H3,(H,18,21)/t10-/m0/s1. The molecule has 26 heavy (non-hydrogen) atoms. The van der Waals surface area contributed by atoms with Crippen LogP contribution in [0.1, 0.15) is 17.3 Å². The molecular formula is C17H14N2O7. The minimum absolute atomic E-state index is 0.103. The fourth-order valence-electron chi connectivity index (χ4n) is 2.31. The first kappa shape index (κ1) is 17.2. The normalized spacial score (nSPS) is 13.0. The van der Waals surface area contributed by atoms with Crippen molar-refractivity contribution in [2.24, 2.45) is 0 Å². The molecule has 9 nitrogen and oxygen atoms in total. The number of aldehydes is 1. The number of amides is 1. The Morgan fingerprint density at radius 2 is 2.04 bits per heavy atom. The number of hydrogen-bond donors (Lipinski definition) is 1. The van der Waals surface area contributed by atoms with E-state index in [1.807, 2.05) is 0 Å². The molecule has 0 saturated heterocycles. The first-order valence-electron chi connectivity index (χ1n) is 7.58. The van der Waals surface area contributed by atoms with Gasteiger partial charge in [-0.15, -0.1) is 0 Å². The van der Waals surface area contributed by atoms with Crippen molar-refractivity contribution in [2.45, 2.75) is 13.0 Å². The predicted molar refractivity (Wildman–Crippen MR) is 89.8 cm³/mol. The summed E-state index contributed by atoms with van der Waals surface area (Å²) in [6.45, 7) is 1.58. The number of hydrogen-bond acceptors (Lipinski definition) is 7. The number of fused-ring (bicyclic) bond motifs is 1. The molecule has 1 aliphatic rings. The fourth-order valence-corrected chi connectivity index (χ4v) is 2.31. The monoisotopic (exact) mass is 358 g/mol. The Morgan fingerprint density at radius 1 is 1.27 bits per heavy atom. The molecule has 0 saturated carbocycles. The number of anilines is 1. The molecule has 9 heteroatoms. The van der Waals surface area contributed by atoms with Crippen molar-refractivity contribution in [1.82, 2.24) is 0 Å². The second-order valence-corrected chi connectivity index (χ2v) is 5.42. The Balaban J connectivity index is 1.71. The number of benzene rings is 2. The van der Waals surface area contributed by atoms with E-state index in [1.54, 1.807) is 18.2 Å². The summed E-state index contributed by atoms with van der Waals surface area (Å²) in [6, 6.07) is 8.65. The Kier molecular flexibility index (Phi) is 4.70. The molecule has 1 heterocycles. The number of nitrogens with zero attached hydrogens (tertiary/aromatic N) is 1. The van der Waals surface area contributed by atoms with Gasteiger partial charge in [0.05, 0.1) is 4.92 Å². The van der Waals surface area contributed by atoms with Crippen LogP contribution in [0.4, 0.5) is 11.4 Å². The van der Waals surface area contributed by atoms with Gasteiger partial charge in [0, 0.05) is 23.4 Å². The molecule has 1 amide bonds. The maximum atomic E-state index is 12.3. The van der Waals surface area contributed by atoms with Gasteiger partial charge in [-0.25, -0.2) is 0 Å². The van der Waals surface area contributed by atoms with Gasteiger partial charge in [0.2, 0.25) is 6.79 Å². The molecule has 0 spiro atoms. The van der Waals surface area contributed by atoms with Crippen LogP contribution in [-0.4, -0.2) is 30.0 Å². The van der Waals surface area contributed by atoms with Crippen molar-refractivity contribution in [3.63, 3.8) is 0 Å². The number of carbonyl (C=O) groups excluding carboxylic acids is 2. The second-order valence-electron chi connectivity index (χ2n) is 5.42. The first-order valence-corrected chi connectivity index (χ1v) is 7.58. The fraction of sp³-hybridized carbons (Fsp3) is 0.176. The maximum Gasteiger partial charge on any atom is 0.311 e. The lowest BCUT2D eigenvalue weighted by Crippen LogP contribution is -2.30. The van der Waals surface area contributed by atoms with Crippen molar-refractivity contribution < 1.29 is 28.7 Å². The summed E-state index contributed by atoms with van der Waals surface area (Å²) >= 11 is 0. The van der Waals surface area contributed by atoms with E-state index in [2.05, 4.69) is 5.32 Å². The highest BCUT2D eigenvalue weighted by molar-refractivity contribution is 5.94. The average molecular weight is 358 g/mol. The van der Waals surface area contributed by atoms with E-state index < -0.39 is 22.6 Å². The van der Waals surface area contributed by atoms with Gasteiger partial charge in [0.15, 0.2) is 23.4 Å². The third-order valence-electron chi connectivity index (χ3n) is 3.63. The molecule has 0 aliphatic carbocycles. The van der Waals surface area contributed by atoms with Crippen LogP contribution in [0, 0.1) is 10.1 Å². The Hall–Kier alpha value is -3.62. The van der Waals surface area contributed by atoms with Gasteiger partial charge in [-0.1, -0.05) is 0 Å². The smallest absolute Gasteiger partial charge is 0.311 e. The lowest BCUT2D eigenvalue weighted by Gasteiger charge is -2.15. The summed E-state index contributed by atoms with van der Waals surface area (Å²) in [5, 5.41) is 13.8. The molecule has 0 radical (unpaired) electrons. The molecule has 0 aromatic heterocycles. The van der Waals surface area contributed by atoms with Gasteiger partial charge >= 0.3 is 5.69 Å². The third-order valence-corrected chi connectivity index (χ3v) is 3.63. The highest BCUT2D eigenvalue weighted by Crippen LogP contribution is 2.34. The van der Waals surface area contributed by atoms with E-state index in [-0.39, 0.29) is 18.1 Å². The summed E-state index contributed by atoms with van der Waals surface area (Å²) in [6.07, 6.45) is -0.520. The van der Waals surface area contributed by atoms with Crippen LogP contribution in [0.3, 0.4) is 0 Å². The molecule has 0 unspecified atom stereocenters. The number of rotatable bonds is 6. The Labute approximate surface area is 147 Å². The third kappa shape index (κ3) is 3.56. The van der Waals surface area contributed by atoms with E-state index in [9.17, 15) is 19.7 Å². The molecule has 0 fully saturated rings. The van der Waals surface area contributed by atoms with Gasteiger partial charge in [0.1, 0.15) is 6.29 Å². The maximum absolute atomic E-state index is 12.3. The topological polar surface area (TPSA) is 117 Å². The Bertz CT molecular complexity index is 881. The molecule has 0 bridgehead atoms. The van der Waals surface area contributed by atoms with E-state index in [4.69, 9.17) is 14.2 Å². The lowest BCUT2D eigenvalue weighted by molar-refractivity contribution is -0.386.